The molecule has 0 bridgehead atoms. The van der Waals surface area contributed by atoms with Crippen LogP contribution in [0.4, 0.5) is 0 Å². The number of carboxylic acids is 1. The lowest BCUT2D eigenvalue weighted by Gasteiger charge is -2.58. The predicted molar refractivity (Wildman–Crippen MR) is 92.1 cm³/mol. The molecule has 0 amide bonds. The van der Waals surface area contributed by atoms with E-state index < -0.39 is 5.97 Å². The minimum Gasteiger partial charge on any atom is -0.481 e. The Morgan fingerprint density at radius 3 is 2.65 bits per heavy atom. The van der Waals surface area contributed by atoms with Gasteiger partial charge in [0.25, 0.3) is 0 Å². The second-order valence-electron chi connectivity index (χ2n) is 8.35. The maximum atomic E-state index is 11.1. The molecule has 3 nitrogen and oxygen atoms in total. The van der Waals surface area contributed by atoms with Gasteiger partial charge in [0.05, 0.1) is 6.42 Å². The summed E-state index contributed by atoms with van der Waals surface area (Å²) in [4.78, 5) is 21.9. The first-order chi connectivity index (χ1) is 10.7. The van der Waals surface area contributed by atoms with Crippen LogP contribution in [0.1, 0.15) is 65.7 Å². The summed E-state index contributed by atoms with van der Waals surface area (Å²) in [5, 5.41) is 8.89. The molecule has 1 N–H and O–H groups in total. The molecule has 2 aliphatic carbocycles. The summed E-state index contributed by atoms with van der Waals surface area (Å²) in [6.07, 6.45) is 9.06. The lowest BCUT2D eigenvalue weighted by molar-refractivity contribution is -0.136. The molecule has 2 aliphatic rings. The van der Waals surface area contributed by atoms with Crippen molar-refractivity contribution in [1.82, 2.24) is 0 Å². The molecule has 128 valence electrons. The van der Waals surface area contributed by atoms with Gasteiger partial charge in [-0.25, -0.2) is 0 Å². The zero-order chi connectivity index (χ0) is 17.3. The van der Waals surface area contributed by atoms with Gasteiger partial charge in [0, 0.05) is 0 Å². The highest BCUT2D eigenvalue weighted by molar-refractivity contribution is 5.83. The van der Waals surface area contributed by atoms with Gasteiger partial charge in [-0.3, -0.25) is 9.59 Å². The summed E-state index contributed by atoms with van der Waals surface area (Å²) < 4.78 is 0. The Kier molecular flexibility index (Phi) is 5.17. The number of fused-ring (bicyclic) bond motifs is 1. The normalized spacial score (nSPS) is 33.9. The quantitative estimate of drug-likeness (QED) is 0.451. The minimum atomic E-state index is -0.950. The van der Waals surface area contributed by atoms with Crippen LogP contribution in [0.15, 0.2) is 23.8 Å². The van der Waals surface area contributed by atoms with Crippen molar-refractivity contribution in [3.8, 4) is 0 Å². The molecule has 0 saturated heterocycles. The standard InChI is InChI=1S/C20H30O3/c1-14-6-9-17-19(2,3)10-5-11-20(17,4)16(14)8-7-15(13-21)12-18(22)23/h7,13,16-17H,1,5-6,8-12H2,2-4H3,(H,22,23)/b15-7+/t16?,17?,20-/m1/s1. The Labute approximate surface area is 139 Å². The van der Waals surface area contributed by atoms with Crippen molar-refractivity contribution in [3.63, 3.8) is 0 Å². The molecule has 2 rings (SSSR count). The van der Waals surface area contributed by atoms with Gasteiger partial charge in [-0.1, -0.05) is 45.4 Å². The number of hydrogen-bond acceptors (Lipinski definition) is 2. The third-order valence-corrected chi connectivity index (χ3v) is 6.44. The largest absolute Gasteiger partial charge is 0.481 e. The smallest absolute Gasteiger partial charge is 0.307 e. The molecule has 0 aromatic carbocycles. The summed E-state index contributed by atoms with van der Waals surface area (Å²) >= 11 is 0. The van der Waals surface area contributed by atoms with Crippen LogP contribution >= 0.6 is 0 Å². The highest BCUT2D eigenvalue weighted by Crippen LogP contribution is 2.61. The Hall–Kier alpha value is -1.38. The topological polar surface area (TPSA) is 54.4 Å². The van der Waals surface area contributed by atoms with Gasteiger partial charge in [0.15, 0.2) is 0 Å². The molecule has 0 aromatic rings. The Morgan fingerprint density at radius 1 is 1.35 bits per heavy atom. The van der Waals surface area contributed by atoms with Crippen molar-refractivity contribution in [3.05, 3.63) is 23.8 Å². The van der Waals surface area contributed by atoms with Crippen LogP contribution in [-0.4, -0.2) is 17.4 Å². The fraction of sp³-hybridized carbons (Fsp3) is 0.700. The molecular formula is C20H30O3. The average Bonchev–Trinajstić information content (AvgIpc) is 2.43. The summed E-state index contributed by atoms with van der Waals surface area (Å²) in [6, 6.07) is 0. The summed E-state index contributed by atoms with van der Waals surface area (Å²) in [6.45, 7) is 11.5. The fourth-order valence-electron chi connectivity index (χ4n) is 5.32. The molecule has 0 spiro atoms. The fourth-order valence-corrected chi connectivity index (χ4v) is 5.32. The molecule has 0 heterocycles. The zero-order valence-corrected chi connectivity index (χ0v) is 14.7. The van der Waals surface area contributed by atoms with Gasteiger partial charge in [0.1, 0.15) is 6.29 Å². The van der Waals surface area contributed by atoms with E-state index >= 15 is 0 Å². The maximum absolute atomic E-state index is 11.1. The predicted octanol–water partition coefficient (Wildman–Crippen LogP) is 4.78. The van der Waals surface area contributed by atoms with Crippen molar-refractivity contribution in [2.75, 3.05) is 0 Å². The van der Waals surface area contributed by atoms with Crippen LogP contribution in [0.25, 0.3) is 0 Å². The van der Waals surface area contributed by atoms with Crippen LogP contribution in [0.2, 0.25) is 0 Å². The van der Waals surface area contributed by atoms with E-state index in [2.05, 4.69) is 27.4 Å². The van der Waals surface area contributed by atoms with E-state index in [1.807, 2.05) is 6.08 Å². The van der Waals surface area contributed by atoms with E-state index in [1.54, 1.807) is 0 Å². The number of carboxylic acid groups (broad SMARTS) is 1. The van der Waals surface area contributed by atoms with Gasteiger partial charge >= 0.3 is 5.97 Å². The van der Waals surface area contributed by atoms with Crippen LogP contribution in [0, 0.1) is 22.7 Å². The second-order valence-corrected chi connectivity index (χ2v) is 8.35. The third kappa shape index (κ3) is 3.59. The van der Waals surface area contributed by atoms with E-state index in [1.165, 1.54) is 31.3 Å². The number of carbonyl (C=O) groups is 2. The van der Waals surface area contributed by atoms with E-state index in [4.69, 9.17) is 5.11 Å². The van der Waals surface area contributed by atoms with E-state index in [0.717, 1.165) is 12.8 Å². The summed E-state index contributed by atoms with van der Waals surface area (Å²) in [7, 11) is 0. The Morgan fingerprint density at radius 2 is 2.04 bits per heavy atom. The number of aliphatic carboxylic acids is 1. The number of carbonyl (C=O) groups excluding carboxylic acids is 1. The Bertz CT molecular complexity index is 529. The third-order valence-electron chi connectivity index (χ3n) is 6.44. The number of rotatable bonds is 5. The van der Waals surface area contributed by atoms with Gasteiger partial charge in [-0.05, 0) is 60.3 Å². The SMILES string of the molecule is C=C1CCC2C(C)(C)CCC[C@]2(C)C1C/C=C(/C=O)CC(=O)O. The molecule has 0 aromatic heterocycles. The molecule has 3 heteroatoms. The molecule has 23 heavy (non-hydrogen) atoms. The molecule has 2 saturated carbocycles. The summed E-state index contributed by atoms with van der Waals surface area (Å²) in [5.74, 6) is 0.0742. The maximum Gasteiger partial charge on any atom is 0.307 e. The average molecular weight is 318 g/mol. The zero-order valence-electron chi connectivity index (χ0n) is 14.7. The van der Waals surface area contributed by atoms with Crippen LogP contribution < -0.4 is 0 Å². The first-order valence-corrected chi connectivity index (χ1v) is 8.74. The second kappa shape index (κ2) is 6.62. The number of aldehydes is 1. The van der Waals surface area contributed by atoms with Crippen molar-refractivity contribution >= 4 is 12.3 Å². The first kappa shape index (κ1) is 18.0. The number of allylic oxidation sites excluding steroid dienone is 2. The van der Waals surface area contributed by atoms with Crippen molar-refractivity contribution in [2.24, 2.45) is 22.7 Å². The highest BCUT2D eigenvalue weighted by Gasteiger charge is 2.52. The summed E-state index contributed by atoms with van der Waals surface area (Å²) in [5.41, 5.74) is 2.22. The molecule has 3 atom stereocenters. The van der Waals surface area contributed by atoms with E-state index in [9.17, 15) is 9.59 Å². The first-order valence-electron chi connectivity index (χ1n) is 8.74. The van der Waals surface area contributed by atoms with Crippen molar-refractivity contribution in [1.29, 1.82) is 0 Å². The molecule has 2 unspecified atom stereocenters. The van der Waals surface area contributed by atoms with Crippen LogP contribution in [0.3, 0.4) is 0 Å². The Balaban J connectivity index is 2.24. The molecule has 2 fully saturated rings. The van der Waals surface area contributed by atoms with Gasteiger partial charge < -0.3 is 5.11 Å². The molecule has 0 aliphatic heterocycles. The monoisotopic (exact) mass is 318 g/mol. The van der Waals surface area contributed by atoms with Gasteiger partial charge in [-0.2, -0.15) is 0 Å². The van der Waals surface area contributed by atoms with Crippen molar-refractivity contribution in [2.45, 2.75) is 65.7 Å². The molecule has 0 radical (unpaired) electrons. The van der Waals surface area contributed by atoms with E-state index in [0.29, 0.717) is 29.1 Å². The highest BCUT2D eigenvalue weighted by atomic mass is 16.4. The van der Waals surface area contributed by atoms with Crippen LogP contribution in [-0.2, 0) is 9.59 Å². The minimum absolute atomic E-state index is 0.186. The number of hydrogen-bond donors (Lipinski definition) is 1. The van der Waals surface area contributed by atoms with Crippen LogP contribution in [0.5, 0.6) is 0 Å². The lowest BCUT2D eigenvalue weighted by atomic mass is 9.47. The van der Waals surface area contributed by atoms with Crippen molar-refractivity contribution < 1.29 is 14.7 Å². The van der Waals surface area contributed by atoms with E-state index in [-0.39, 0.29) is 11.8 Å². The van der Waals surface area contributed by atoms with Gasteiger partial charge in [0.2, 0.25) is 0 Å². The molecular weight excluding hydrogens is 288 g/mol. The lowest BCUT2D eigenvalue weighted by Crippen LogP contribution is -2.49. The van der Waals surface area contributed by atoms with Gasteiger partial charge in [-0.15, -0.1) is 0 Å².